The summed E-state index contributed by atoms with van der Waals surface area (Å²) < 4.78 is -0.0833. The first-order chi connectivity index (χ1) is 3.15. The van der Waals surface area contributed by atoms with E-state index in [2.05, 4.69) is 0 Å². The minimum atomic E-state index is -0.0833. The molecule has 0 bridgehead atoms. The summed E-state index contributed by atoms with van der Waals surface area (Å²) in [5.74, 6) is 0. The molecule has 0 rings (SSSR count). The molecular weight excluding hydrogens is 194 g/mol. The minimum absolute atomic E-state index is 0.0833. The van der Waals surface area contributed by atoms with Crippen molar-refractivity contribution in [3.8, 4) is 0 Å². The third-order valence-corrected chi connectivity index (χ3v) is 0. The van der Waals surface area contributed by atoms with E-state index in [0.29, 0.717) is 0 Å². The quantitative estimate of drug-likeness (QED) is 0.411. The molecule has 0 saturated heterocycles. The predicted molar refractivity (Wildman–Crippen MR) is 42.0 cm³/mol. The Hall–Kier alpha value is 1.38. The smallest absolute Gasteiger partial charge is 0.0967 e. The fourth-order valence-electron chi connectivity index (χ4n) is 0. The molecule has 0 aliphatic heterocycles. The molecule has 0 N–H and O–H groups in total. The molecule has 0 fully saturated rings. The molecule has 0 aromatic heterocycles. The highest BCUT2D eigenvalue weighted by atomic mass is 35.5. The molecule has 0 spiro atoms. The van der Waals surface area contributed by atoms with E-state index in [4.69, 9.17) is 46.4 Å². The van der Waals surface area contributed by atoms with Gasteiger partial charge in [0.1, 0.15) is 0 Å². The second-order valence-electron chi connectivity index (χ2n) is 0.620. The van der Waals surface area contributed by atoms with Gasteiger partial charge in [0.2, 0.25) is 0 Å². The molecule has 0 aliphatic rings. The van der Waals surface area contributed by atoms with Gasteiger partial charge in [-0.15, -0.1) is 46.4 Å². The summed E-state index contributed by atoms with van der Waals surface area (Å²) in [5, 5.41) is 0.194. The predicted octanol–water partition coefficient (Wildman–Crippen LogP) is 1.53. The van der Waals surface area contributed by atoms with Crippen LogP contribution in [-0.2, 0) is 0 Å². The zero-order valence-corrected chi connectivity index (χ0v) is 8.82. The van der Waals surface area contributed by atoms with Crippen molar-refractivity contribution in [2.24, 2.45) is 0 Å². The molecule has 0 saturated carbocycles. The number of hydrogen-bond acceptors (Lipinski definition) is 0. The van der Waals surface area contributed by atoms with E-state index in [-0.39, 0.29) is 9.80 Å². The van der Waals surface area contributed by atoms with Crippen molar-refractivity contribution in [3.05, 3.63) is 0 Å². The van der Waals surface area contributed by atoms with Crippen LogP contribution in [0.15, 0.2) is 0 Å². The third-order valence-electron chi connectivity index (χ3n) is 0. The van der Waals surface area contributed by atoms with Crippen LogP contribution in [-0.4, -0.2) is 20.0 Å². The maximum absolute atomic E-state index is 5.10. The van der Waals surface area contributed by atoms with Crippen LogP contribution in [0.25, 0.3) is 0 Å². The number of rotatable bonds is 0. The SMILES string of the molecule is ClCCl.[SiH3]C(Cl)Cl. The van der Waals surface area contributed by atoms with Crippen LogP contribution in [0.2, 0.25) is 0 Å². The summed E-state index contributed by atoms with van der Waals surface area (Å²) in [6, 6.07) is 0. The summed E-state index contributed by atoms with van der Waals surface area (Å²) in [4.78, 5) is 0. The highest BCUT2D eigenvalue weighted by molar-refractivity contribution is 6.60. The standard InChI is InChI=1S/CH4Cl2Si.CH2Cl2/c2-1(3)4;2-1-3/h1H,4H3;1H2. The molecule has 0 aromatic carbocycles. The Balaban J connectivity index is 0. The summed E-state index contributed by atoms with van der Waals surface area (Å²) in [6.07, 6.45) is 0. The average molecular weight is 200 g/mol. The van der Waals surface area contributed by atoms with Crippen LogP contribution in [0, 0.1) is 0 Å². The Morgan fingerprint density at radius 1 is 1.29 bits per heavy atom. The highest BCUT2D eigenvalue weighted by Gasteiger charge is 1.75. The largest absolute Gasteiger partial charge is 0.111 e. The van der Waals surface area contributed by atoms with E-state index >= 15 is 0 Å². The minimum Gasteiger partial charge on any atom is -0.111 e. The Bertz CT molecular complexity index is 20.9. The molecular formula is C2H6Cl4Si. The maximum Gasteiger partial charge on any atom is 0.0967 e. The van der Waals surface area contributed by atoms with Gasteiger partial charge in [0.05, 0.1) is 9.80 Å². The van der Waals surface area contributed by atoms with Gasteiger partial charge >= 0.3 is 0 Å². The Morgan fingerprint density at radius 2 is 1.29 bits per heavy atom. The zero-order chi connectivity index (χ0) is 6.28. The second kappa shape index (κ2) is 10.4. The molecule has 7 heavy (non-hydrogen) atoms. The van der Waals surface area contributed by atoms with E-state index in [0.717, 1.165) is 10.2 Å². The van der Waals surface area contributed by atoms with Crippen LogP contribution in [0.1, 0.15) is 0 Å². The van der Waals surface area contributed by atoms with Crippen molar-refractivity contribution in [1.29, 1.82) is 0 Å². The van der Waals surface area contributed by atoms with Crippen molar-refractivity contribution in [1.82, 2.24) is 0 Å². The molecule has 5 heteroatoms. The van der Waals surface area contributed by atoms with Gasteiger partial charge in [-0.3, -0.25) is 0 Å². The van der Waals surface area contributed by atoms with Crippen LogP contribution < -0.4 is 0 Å². The van der Waals surface area contributed by atoms with Crippen LogP contribution in [0.3, 0.4) is 0 Å². The Kier molecular flexibility index (Phi) is 16.6. The summed E-state index contributed by atoms with van der Waals surface area (Å²) in [5.41, 5.74) is 0. The lowest BCUT2D eigenvalue weighted by Crippen LogP contribution is -1.75. The number of alkyl halides is 4. The molecule has 0 radical (unpaired) electrons. The van der Waals surface area contributed by atoms with Gasteiger partial charge in [0.25, 0.3) is 0 Å². The normalized spacial score (nSPS) is 8.14. The Morgan fingerprint density at radius 3 is 1.29 bits per heavy atom. The molecule has 0 aromatic rings. The van der Waals surface area contributed by atoms with Crippen molar-refractivity contribution < 1.29 is 0 Å². The van der Waals surface area contributed by atoms with Crippen LogP contribution in [0.4, 0.5) is 0 Å². The van der Waals surface area contributed by atoms with E-state index in [9.17, 15) is 0 Å². The summed E-state index contributed by atoms with van der Waals surface area (Å²) in [6.45, 7) is 0. The summed E-state index contributed by atoms with van der Waals surface area (Å²) >= 11 is 19.7. The first-order valence-electron chi connectivity index (χ1n) is 1.55. The van der Waals surface area contributed by atoms with Gasteiger partial charge in [-0.25, -0.2) is 0 Å². The van der Waals surface area contributed by atoms with Gasteiger partial charge in [0.15, 0.2) is 0 Å². The van der Waals surface area contributed by atoms with Gasteiger partial charge in [0, 0.05) is 10.2 Å². The molecule has 0 aliphatic carbocycles. The number of halogens is 4. The average Bonchev–Trinajstić information content (AvgIpc) is 1.33. The van der Waals surface area contributed by atoms with E-state index in [1.807, 2.05) is 0 Å². The molecule has 0 atom stereocenters. The maximum atomic E-state index is 5.10. The lowest BCUT2D eigenvalue weighted by Gasteiger charge is -1.72. The molecule has 46 valence electrons. The van der Waals surface area contributed by atoms with E-state index in [1.54, 1.807) is 0 Å². The third kappa shape index (κ3) is 112. The van der Waals surface area contributed by atoms with E-state index in [1.165, 1.54) is 0 Å². The fraction of sp³-hybridized carbons (Fsp3) is 1.00. The van der Waals surface area contributed by atoms with Crippen molar-refractivity contribution in [2.45, 2.75) is 4.46 Å². The van der Waals surface area contributed by atoms with Crippen molar-refractivity contribution in [2.75, 3.05) is 5.34 Å². The topological polar surface area (TPSA) is 0 Å². The monoisotopic (exact) mass is 198 g/mol. The first-order valence-corrected chi connectivity index (χ1v) is 4.64. The Labute approximate surface area is 66.5 Å². The van der Waals surface area contributed by atoms with Gasteiger partial charge in [-0.2, -0.15) is 0 Å². The molecule has 0 amide bonds. The summed E-state index contributed by atoms with van der Waals surface area (Å²) in [7, 11) is 0.880. The van der Waals surface area contributed by atoms with Crippen LogP contribution >= 0.6 is 46.4 Å². The van der Waals surface area contributed by atoms with E-state index < -0.39 is 0 Å². The zero-order valence-electron chi connectivity index (χ0n) is 3.80. The number of hydrogen-bond donors (Lipinski definition) is 0. The lowest BCUT2D eigenvalue weighted by atomic mass is 11.9. The van der Waals surface area contributed by atoms with Gasteiger partial charge in [-0.1, -0.05) is 0 Å². The van der Waals surface area contributed by atoms with Gasteiger partial charge in [-0.05, 0) is 0 Å². The van der Waals surface area contributed by atoms with Crippen molar-refractivity contribution in [3.63, 3.8) is 0 Å². The molecule has 0 nitrogen and oxygen atoms in total. The fourth-order valence-corrected chi connectivity index (χ4v) is 0. The van der Waals surface area contributed by atoms with Gasteiger partial charge < -0.3 is 0 Å². The second-order valence-corrected chi connectivity index (χ2v) is 5.58. The highest BCUT2D eigenvalue weighted by Crippen LogP contribution is 1.90. The van der Waals surface area contributed by atoms with Crippen LogP contribution in [0.5, 0.6) is 0 Å². The lowest BCUT2D eigenvalue weighted by molar-refractivity contribution is 1.96. The first kappa shape index (κ1) is 11.2. The molecule has 0 unspecified atom stereocenters. The molecule has 0 heterocycles. The van der Waals surface area contributed by atoms with Crippen molar-refractivity contribution >= 4 is 56.6 Å².